The van der Waals surface area contributed by atoms with Crippen molar-refractivity contribution in [3.05, 3.63) is 47.5 Å². The summed E-state index contributed by atoms with van der Waals surface area (Å²) < 4.78 is 15.9. The van der Waals surface area contributed by atoms with Crippen LogP contribution in [0.3, 0.4) is 0 Å². The van der Waals surface area contributed by atoms with Crippen LogP contribution in [0, 0.1) is 5.92 Å². The summed E-state index contributed by atoms with van der Waals surface area (Å²) in [7, 11) is 0. The molecule has 0 saturated heterocycles. The zero-order valence-corrected chi connectivity index (χ0v) is 12.3. The maximum absolute atomic E-state index is 14.3. The molecular formula is C17H18FN3O. The number of hydrogen-bond acceptors (Lipinski definition) is 3. The normalized spacial score (nSPS) is 24.6. The van der Waals surface area contributed by atoms with Crippen molar-refractivity contribution in [1.82, 2.24) is 14.8 Å². The molecule has 114 valence electrons. The topological polar surface area (TPSA) is 47.8 Å². The Morgan fingerprint density at radius 3 is 2.64 bits per heavy atom. The van der Waals surface area contributed by atoms with Crippen LogP contribution in [-0.2, 0) is 0 Å². The van der Waals surface area contributed by atoms with E-state index < -0.39 is 6.17 Å². The molecule has 2 aromatic rings. The number of carbonyl (C=O) groups is 1. The van der Waals surface area contributed by atoms with Gasteiger partial charge in [-0.15, -0.1) is 5.10 Å². The number of benzene rings is 1. The molecule has 1 aromatic heterocycles. The maximum Gasteiger partial charge on any atom is 0.217 e. The molecule has 0 N–H and O–H groups in total. The van der Waals surface area contributed by atoms with Crippen molar-refractivity contribution >= 4 is 5.78 Å². The van der Waals surface area contributed by atoms with E-state index in [1.54, 1.807) is 4.68 Å². The average molecular weight is 299 g/mol. The van der Waals surface area contributed by atoms with Crippen LogP contribution in [0.1, 0.15) is 66.3 Å². The number of carbonyl (C=O) groups excluding carboxylic acids is 1. The SMILES string of the molecule is O=C(c1nc2n(n1)C(c1ccccc1)CC2F)C1CCCC1. The third-order valence-electron chi connectivity index (χ3n) is 4.79. The number of aromatic nitrogens is 3. The second kappa shape index (κ2) is 5.30. The van der Waals surface area contributed by atoms with Crippen LogP contribution in [0.4, 0.5) is 4.39 Å². The first-order valence-electron chi connectivity index (χ1n) is 7.93. The van der Waals surface area contributed by atoms with Crippen molar-refractivity contribution in [2.75, 3.05) is 0 Å². The van der Waals surface area contributed by atoms with Gasteiger partial charge in [-0.05, 0) is 18.4 Å². The molecular weight excluding hydrogens is 281 g/mol. The summed E-state index contributed by atoms with van der Waals surface area (Å²) in [5.41, 5.74) is 1.01. The highest BCUT2D eigenvalue weighted by molar-refractivity contribution is 5.94. The first-order chi connectivity index (χ1) is 10.7. The Labute approximate surface area is 128 Å². The molecule has 4 rings (SSSR count). The van der Waals surface area contributed by atoms with E-state index in [2.05, 4.69) is 10.1 Å². The number of halogens is 1. The van der Waals surface area contributed by atoms with E-state index in [9.17, 15) is 9.18 Å². The van der Waals surface area contributed by atoms with Crippen molar-refractivity contribution in [2.24, 2.45) is 5.92 Å². The van der Waals surface area contributed by atoms with E-state index in [-0.39, 0.29) is 23.6 Å². The summed E-state index contributed by atoms with van der Waals surface area (Å²) in [5, 5.41) is 4.36. The summed E-state index contributed by atoms with van der Waals surface area (Å²) in [6.45, 7) is 0. The number of fused-ring (bicyclic) bond motifs is 1. The van der Waals surface area contributed by atoms with E-state index in [0.29, 0.717) is 12.2 Å². The summed E-state index contributed by atoms with van der Waals surface area (Å²) in [6.07, 6.45) is 3.18. The van der Waals surface area contributed by atoms with E-state index in [4.69, 9.17) is 0 Å². The van der Waals surface area contributed by atoms with Gasteiger partial charge in [-0.1, -0.05) is 43.2 Å². The third kappa shape index (κ3) is 2.16. The number of ketones is 1. The summed E-state index contributed by atoms with van der Waals surface area (Å²) in [6, 6.07) is 9.57. The molecule has 5 heteroatoms. The monoisotopic (exact) mass is 299 g/mol. The van der Waals surface area contributed by atoms with Crippen molar-refractivity contribution in [3.63, 3.8) is 0 Å². The zero-order valence-electron chi connectivity index (χ0n) is 12.3. The molecule has 0 spiro atoms. The molecule has 1 aliphatic heterocycles. The highest BCUT2D eigenvalue weighted by atomic mass is 19.1. The lowest BCUT2D eigenvalue weighted by Gasteiger charge is -2.11. The highest BCUT2D eigenvalue weighted by Crippen LogP contribution is 2.39. The molecule has 0 bridgehead atoms. The highest BCUT2D eigenvalue weighted by Gasteiger charge is 2.37. The van der Waals surface area contributed by atoms with E-state index in [1.807, 2.05) is 30.3 Å². The van der Waals surface area contributed by atoms with Crippen molar-refractivity contribution in [3.8, 4) is 0 Å². The van der Waals surface area contributed by atoms with Crippen LogP contribution < -0.4 is 0 Å². The van der Waals surface area contributed by atoms with Gasteiger partial charge in [0, 0.05) is 12.3 Å². The Balaban J connectivity index is 1.67. The first-order valence-corrected chi connectivity index (χ1v) is 7.93. The van der Waals surface area contributed by atoms with Gasteiger partial charge in [0.2, 0.25) is 11.6 Å². The van der Waals surface area contributed by atoms with Crippen molar-refractivity contribution in [1.29, 1.82) is 0 Å². The Kier molecular flexibility index (Phi) is 3.28. The molecule has 1 saturated carbocycles. The molecule has 1 aliphatic carbocycles. The lowest BCUT2D eigenvalue weighted by Crippen LogP contribution is -2.15. The quantitative estimate of drug-likeness (QED) is 0.813. The van der Waals surface area contributed by atoms with Crippen LogP contribution in [0.15, 0.2) is 30.3 Å². The summed E-state index contributed by atoms with van der Waals surface area (Å²) in [5.74, 6) is 0.509. The molecule has 2 heterocycles. The number of alkyl halides is 1. The zero-order chi connectivity index (χ0) is 15.1. The van der Waals surface area contributed by atoms with Gasteiger partial charge in [0.15, 0.2) is 12.0 Å². The molecule has 0 radical (unpaired) electrons. The summed E-state index contributed by atoms with van der Waals surface area (Å²) in [4.78, 5) is 16.7. The summed E-state index contributed by atoms with van der Waals surface area (Å²) >= 11 is 0. The fourth-order valence-corrected chi connectivity index (χ4v) is 3.61. The molecule has 2 atom stereocenters. The van der Waals surface area contributed by atoms with Crippen molar-refractivity contribution in [2.45, 2.75) is 44.3 Å². The molecule has 2 aliphatic rings. The Morgan fingerprint density at radius 2 is 1.91 bits per heavy atom. The first kappa shape index (κ1) is 13.6. The molecule has 1 fully saturated rings. The van der Waals surface area contributed by atoms with E-state index >= 15 is 0 Å². The van der Waals surface area contributed by atoms with Crippen LogP contribution >= 0.6 is 0 Å². The van der Waals surface area contributed by atoms with Gasteiger partial charge >= 0.3 is 0 Å². The van der Waals surface area contributed by atoms with E-state index in [0.717, 1.165) is 31.2 Å². The van der Waals surface area contributed by atoms with Gasteiger partial charge < -0.3 is 0 Å². The maximum atomic E-state index is 14.3. The van der Waals surface area contributed by atoms with Crippen LogP contribution in [0.2, 0.25) is 0 Å². The van der Waals surface area contributed by atoms with Gasteiger partial charge in [0.25, 0.3) is 0 Å². The lowest BCUT2D eigenvalue weighted by molar-refractivity contribution is 0.0911. The van der Waals surface area contributed by atoms with Gasteiger partial charge in [-0.25, -0.2) is 14.1 Å². The Morgan fingerprint density at radius 1 is 1.18 bits per heavy atom. The fourth-order valence-electron chi connectivity index (χ4n) is 3.61. The number of nitrogens with zero attached hydrogens (tertiary/aromatic N) is 3. The number of rotatable bonds is 3. The predicted octanol–water partition coefficient (Wildman–Crippen LogP) is 3.65. The van der Waals surface area contributed by atoms with Gasteiger partial charge in [-0.3, -0.25) is 4.79 Å². The van der Waals surface area contributed by atoms with Gasteiger partial charge in [0.05, 0.1) is 6.04 Å². The second-order valence-electron chi connectivity index (χ2n) is 6.21. The Bertz CT molecular complexity index is 691. The number of Topliss-reactive ketones (excluding diaryl/α,β-unsaturated/α-hetero) is 1. The van der Waals surface area contributed by atoms with E-state index in [1.165, 1.54) is 0 Å². The fraction of sp³-hybridized carbons (Fsp3) is 0.471. The third-order valence-corrected chi connectivity index (χ3v) is 4.79. The Hall–Kier alpha value is -2.04. The smallest absolute Gasteiger partial charge is 0.217 e. The molecule has 2 unspecified atom stereocenters. The minimum absolute atomic E-state index is 0.0154. The average Bonchev–Trinajstić information content (AvgIpc) is 3.25. The predicted molar refractivity (Wildman–Crippen MR) is 79.4 cm³/mol. The second-order valence-corrected chi connectivity index (χ2v) is 6.21. The molecule has 4 nitrogen and oxygen atoms in total. The largest absolute Gasteiger partial charge is 0.290 e. The van der Waals surface area contributed by atoms with Gasteiger partial charge in [-0.2, -0.15) is 0 Å². The molecule has 1 aromatic carbocycles. The molecule has 22 heavy (non-hydrogen) atoms. The standard InChI is InChI=1S/C17H18FN3O/c18-13-10-14(11-6-2-1-3-7-11)21-17(13)19-16(20-21)15(22)12-8-4-5-9-12/h1-3,6-7,12-14H,4-5,8-10H2. The van der Waals surface area contributed by atoms with Crippen LogP contribution in [-0.4, -0.2) is 20.5 Å². The van der Waals surface area contributed by atoms with Crippen LogP contribution in [0.25, 0.3) is 0 Å². The minimum Gasteiger partial charge on any atom is -0.290 e. The number of hydrogen-bond donors (Lipinski definition) is 0. The lowest BCUT2D eigenvalue weighted by atomic mass is 10.0. The van der Waals surface area contributed by atoms with Gasteiger partial charge in [0.1, 0.15) is 0 Å². The minimum atomic E-state index is -1.15. The van der Waals surface area contributed by atoms with Crippen molar-refractivity contribution < 1.29 is 9.18 Å². The van der Waals surface area contributed by atoms with Crippen LogP contribution in [0.5, 0.6) is 0 Å². The molecule has 0 amide bonds.